The number of likely N-dealkylation sites (tertiary alicyclic amines) is 1. The molecule has 4 heteroatoms. The van der Waals surface area contributed by atoms with E-state index in [4.69, 9.17) is 5.26 Å². The molecular formula is C14H16N2O2. The monoisotopic (exact) mass is 244 g/mol. The highest BCUT2D eigenvalue weighted by Crippen LogP contribution is 2.24. The van der Waals surface area contributed by atoms with Gasteiger partial charge in [0.05, 0.1) is 6.07 Å². The third-order valence-corrected chi connectivity index (χ3v) is 3.45. The van der Waals surface area contributed by atoms with Crippen LogP contribution in [0.15, 0.2) is 18.2 Å². The number of amides is 1. The summed E-state index contributed by atoms with van der Waals surface area (Å²) in [5.74, 6) is -0.0407. The van der Waals surface area contributed by atoms with Crippen molar-refractivity contribution in [2.75, 3.05) is 6.54 Å². The Balaban J connectivity index is 2.30. The van der Waals surface area contributed by atoms with Crippen LogP contribution in [0.4, 0.5) is 0 Å². The Hall–Kier alpha value is -2.02. The number of phenolic OH excluding ortho intramolecular Hbond substituents is 1. The molecule has 1 amide bonds. The predicted octanol–water partition coefficient (Wildman–Crippen LogP) is 2.22. The minimum atomic E-state index is -0.340. The second-order valence-electron chi connectivity index (χ2n) is 4.59. The van der Waals surface area contributed by atoms with Crippen molar-refractivity contribution >= 4 is 5.91 Å². The van der Waals surface area contributed by atoms with E-state index in [1.54, 1.807) is 30.0 Å². The van der Waals surface area contributed by atoms with Crippen molar-refractivity contribution in [3.63, 3.8) is 0 Å². The number of aromatic hydroxyl groups is 1. The van der Waals surface area contributed by atoms with Crippen LogP contribution in [0.2, 0.25) is 0 Å². The van der Waals surface area contributed by atoms with Crippen LogP contribution in [-0.4, -0.2) is 28.5 Å². The molecule has 4 nitrogen and oxygen atoms in total. The maximum atomic E-state index is 12.4. The standard InChI is InChI=1S/C14H16N2O2/c1-10-12(6-4-7-13(10)17)14(18)16-8-3-2-5-11(16)9-15/h4,6-7,11,17H,2-3,5,8H2,1H3. The molecule has 1 atom stereocenters. The van der Waals surface area contributed by atoms with E-state index in [-0.39, 0.29) is 17.7 Å². The first kappa shape index (κ1) is 12.4. The van der Waals surface area contributed by atoms with Crippen LogP contribution in [0.1, 0.15) is 35.2 Å². The molecular weight excluding hydrogens is 228 g/mol. The molecule has 0 bridgehead atoms. The fourth-order valence-corrected chi connectivity index (χ4v) is 2.32. The molecule has 0 aliphatic carbocycles. The van der Waals surface area contributed by atoms with Crippen molar-refractivity contribution < 1.29 is 9.90 Å². The topological polar surface area (TPSA) is 64.3 Å². The molecule has 1 N–H and O–H groups in total. The minimum Gasteiger partial charge on any atom is -0.508 e. The average Bonchev–Trinajstić information content (AvgIpc) is 2.41. The second kappa shape index (κ2) is 5.09. The maximum Gasteiger partial charge on any atom is 0.255 e. The van der Waals surface area contributed by atoms with E-state index >= 15 is 0 Å². The summed E-state index contributed by atoms with van der Waals surface area (Å²) in [6.45, 7) is 2.33. The summed E-state index contributed by atoms with van der Waals surface area (Å²) in [5, 5.41) is 18.7. The Morgan fingerprint density at radius 2 is 2.28 bits per heavy atom. The van der Waals surface area contributed by atoms with Crippen molar-refractivity contribution in [3.05, 3.63) is 29.3 Å². The summed E-state index contributed by atoms with van der Waals surface area (Å²) in [6, 6.07) is 6.75. The number of hydrogen-bond donors (Lipinski definition) is 1. The molecule has 1 unspecified atom stereocenters. The summed E-state index contributed by atoms with van der Waals surface area (Å²) in [5.41, 5.74) is 1.06. The second-order valence-corrected chi connectivity index (χ2v) is 4.59. The quantitative estimate of drug-likeness (QED) is 0.823. The molecule has 0 saturated carbocycles. The largest absolute Gasteiger partial charge is 0.508 e. The van der Waals surface area contributed by atoms with Gasteiger partial charge in [-0.2, -0.15) is 5.26 Å². The van der Waals surface area contributed by atoms with Crippen LogP contribution in [0.25, 0.3) is 0 Å². The van der Waals surface area contributed by atoms with Gasteiger partial charge in [0.1, 0.15) is 11.8 Å². The van der Waals surface area contributed by atoms with Crippen molar-refractivity contribution in [1.82, 2.24) is 4.90 Å². The van der Waals surface area contributed by atoms with Gasteiger partial charge in [-0.15, -0.1) is 0 Å². The van der Waals surface area contributed by atoms with Gasteiger partial charge < -0.3 is 10.0 Å². The highest BCUT2D eigenvalue weighted by atomic mass is 16.3. The van der Waals surface area contributed by atoms with Gasteiger partial charge in [0.25, 0.3) is 5.91 Å². The summed E-state index contributed by atoms with van der Waals surface area (Å²) < 4.78 is 0. The lowest BCUT2D eigenvalue weighted by Gasteiger charge is -2.31. The highest BCUT2D eigenvalue weighted by Gasteiger charge is 2.28. The molecule has 1 aromatic rings. The summed E-state index contributed by atoms with van der Waals surface area (Å²) in [7, 11) is 0. The van der Waals surface area contributed by atoms with Gasteiger partial charge in [0.2, 0.25) is 0 Å². The molecule has 1 aromatic carbocycles. The molecule has 1 heterocycles. The first-order valence-electron chi connectivity index (χ1n) is 6.14. The highest BCUT2D eigenvalue weighted by molar-refractivity contribution is 5.96. The molecule has 1 fully saturated rings. The van der Waals surface area contributed by atoms with Crippen molar-refractivity contribution in [3.8, 4) is 11.8 Å². The van der Waals surface area contributed by atoms with E-state index < -0.39 is 0 Å². The van der Waals surface area contributed by atoms with E-state index in [9.17, 15) is 9.90 Å². The average molecular weight is 244 g/mol. The molecule has 0 spiro atoms. The summed E-state index contributed by atoms with van der Waals surface area (Å²) in [4.78, 5) is 14.0. The Bertz CT molecular complexity index is 505. The molecule has 2 rings (SSSR count). The number of carbonyl (C=O) groups is 1. The van der Waals surface area contributed by atoms with Gasteiger partial charge in [-0.1, -0.05) is 6.07 Å². The lowest BCUT2D eigenvalue weighted by Crippen LogP contribution is -2.43. The predicted molar refractivity (Wildman–Crippen MR) is 67.1 cm³/mol. The molecule has 0 radical (unpaired) electrons. The zero-order valence-corrected chi connectivity index (χ0v) is 10.4. The van der Waals surface area contributed by atoms with Gasteiger partial charge in [0.15, 0.2) is 0 Å². The normalized spacial score (nSPS) is 19.3. The lowest BCUT2D eigenvalue weighted by atomic mass is 10.00. The van der Waals surface area contributed by atoms with Gasteiger partial charge in [-0.3, -0.25) is 4.79 Å². The van der Waals surface area contributed by atoms with E-state index in [1.165, 1.54) is 0 Å². The maximum absolute atomic E-state index is 12.4. The van der Waals surface area contributed by atoms with E-state index in [0.717, 1.165) is 19.3 Å². The molecule has 1 aliphatic rings. The molecule has 1 aliphatic heterocycles. The number of nitrogens with zero attached hydrogens (tertiary/aromatic N) is 2. The Morgan fingerprint density at radius 1 is 1.50 bits per heavy atom. The third-order valence-electron chi connectivity index (χ3n) is 3.45. The van der Waals surface area contributed by atoms with E-state index in [0.29, 0.717) is 17.7 Å². The van der Waals surface area contributed by atoms with Crippen LogP contribution < -0.4 is 0 Å². The van der Waals surface area contributed by atoms with Crippen LogP contribution >= 0.6 is 0 Å². The summed E-state index contributed by atoms with van der Waals surface area (Å²) in [6.07, 6.45) is 2.66. The smallest absolute Gasteiger partial charge is 0.255 e. The van der Waals surface area contributed by atoms with E-state index in [2.05, 4.69) is 6.07 Å². The van der Waals surface area contributed by atoms with Crippen LogP contribution in [0, 0.1) is 18.3 Å². The van der Waals surface area contributed by atoms with E-state index in [1.807, 2.05) is 0 Å². The van der Waals surface area contributed by atoms with Crippen LogP contribution in [-0.2, 0) is 0 Å². The number of benzene rings is 1. The van der Waals surface area contributed by atoms with Crippen molar-refractivity contribution in [1.29, 1.82) is 5.26 Å². The zero-order chi connectivity index (χ0) is 13.1. The number of hydrogen-bond acceptors (Lipinski definition) is 3. The van der Waals surface area contributed by atoms with Crippen molar-refractivity contribution in [2.45, 2.75) is 32.2 Å². The van der Waals surface area contributed by atoms with Gasteiger partial charge in [0, 0.05) is 17.7 Å². The zero-order valence-electron chi connectivity index (χ0n) is 10.4. The Kier molecular flexibility index (Phi) is 3.52. The summed E-state index contributed by atoms with van der Waals surface area (Å²) >= 11 is 0. The third kappa shape index (κ3) is 2.17. The fraction of sp³-hybridized carbons (Fsp3) is 0.429. The Labute approximate surface area is 106 Å². The number of piperidine rings is 1. The molecule has 94 valence electrons. The number of nitriles is 1. The van der Waals surface area contributed by atoms with Crippen LogP contribution in [0.5, 0.6) is 5.75 Å². The Morgan fingerprint density at radius 3 is 3.00 bits per heavy atom. The van der Waals surface area contributed by atoms with Gasteiger partial charge >= 0.3 is 0 Å². The first-order chi connectivity index (χ1) is 8.65. The molecule has 1 saturated heterocycles. The lowest BCUT2D eigenvalue weighted by molar-refractivity contribution is 0.0669. The van der Waals surface area contributed by atoms with Gasteiger partial charge in [-0.05, 0) is 38.3 Å². The number of rotatable bonds is 1. The van der Waals surface area contributed by atoms with Gasteiger partial charge in [-0.25, -0.2) is 0 Å². The number of carbonyl (C=O) groups excluding carboxylic acids is 1. The SMILES string of the molecule is Cc1c(O)cccc1C(=O)N1CCCCC1C#N. The van der Waals surface area contributed by atoms with Crippen LogP contribution in [0.3, 0.4) is 0 Å². The fourth-order valence-electron chi connectivity index (χ4n) is 2.32. The number of phenols is 1. The minimum absolute atomic E-state index is 0.117. The molecule has 0 aromatic heterocycles. The molecule has 18 heavy (non-hydrogen) atoms. The van der Waals surface area contributed by atoms with Crippen molar-refractivity contribution in [2.24, 2.45) is 0 Å². The first-order valence-corrected chi connectivity index (χ1v) is 6.14.